The summed E-state index contributed by atoms with van der Waals surface area (Å²) in [5, 5.41) is -1.19. The third-order valence-electron chi connectivity index (χ3n) is 2.90. The van der Waals surface area contributed by atoms with Gasteiger partial charge in [-0.05, 0) is 23.0 Å². The third kappa shape index (κ3) is 3.89. The van der Waals surface area contributed by atoms with Crippen molar-refractivity contribution in [2.75, 3.05) is 0 Å². The van der Waals surface area contributed by atoms with Gasteiger partial charge < -0.3 is 0 Å². The second-order valence-corrected chi connectivity index (χ2v) is 5.69. The fourth-order valence-electron chi connectivity index (χ4n) is 1.83. The maximum atomic E-state index is 12.8. The first kappa shape index (κ1) is 18.7. The number of halogens is 9. The number of rotatable bonds is 1. The molecule has 0 saturated heterocycles. The number of hydrogen-bond donors (Lipinski definition) is 0. The minimum atomic E-state index is -5.79. The molecule has 10 heteroatoms. The van der Waals surface area contributed by atoms with E-state index in [2.05, 4.69) is 0 Å². The highest BCUT2D eigenvalue weighted by molar-refractivity contribution is 6.15. The van der Waals surface area contributed by atoms with Crippen LogP contribution in [0.1, 0.15) is 36.1 Å². The van der Waals surface area contributed by atoms with E-state index in [9.17, 15) is 39.5 Å². The standard InChI is InChI=1S/C12H10BF9/c1-9(2,13)5-3-6(10(14,15)16)8(12(20,21)22)7(4-5)11(17,18)19/h3-4H,13H2,1-2H3. The fraction of sp³-hybridized carbons (Fsp3) is 0.500. The zero-order chi connectivity index (χ0) is 17.7. The Morgan fingerprint density at radius 2 is 1.00 bits per heavy atom. The van der Waals surface area contributed by atoms with Gasteiger partial charge in [-0.2, -0.15) is 39.5 Å². The summed E-state index contributed by atoms with van der Waals surface area (Å²) in [4.78, 5) is 0. The first-order valence-corrected chi connectivity index (χ1v) is 5.86. The lowest BCUT2D eigenvalue weighted by Crippen LogP contribution is -2.26. The Labute approximate surface area is 120 Å². The van der Waals surface area contributed by atoms with Crippen molar-refractivity contribution in [1.82, 2.24) is 0 Å². The van der Waals surface area contributed by atoms with Gasteiger partial charge in [-0.25, -0.2) is 0 Å². The molecule has 0 aliphatic heterocycles. The van der Waals surface area contributed by atoms with Gasteiger partial charge in [0.25, 0.3) is 0 Å². The summed E-state index contributed by atoms with van der Waals surface area (Å²) in [5.74, 6) is 0. The van der Waals surface area contributed by atoms with Gasteiger partial charge in [-0.3, -0.25) is 0 Å². The van der Waals surface area contributed by atoms with E-state index in [1.165, 1.54) is 21.7 Å². The van der Waals surface area contributed by atoms with Crippen LogP contribution in [-0.2, 0) is 23.8 Å². The molecule has 0 aliphatic rings. The molecule has 0 radical (unpaired) electrons. The molecule has 0 amide bonds. The summed E-state index contributed by atoms with van der Waals surface area (Å²) in [6.45, 7) is 2.60. The van der Waals surface area contributed by atoms with Gasteiger partial charge in [0.2, 0.25) is 0 Å². The Balaban J connectivity index is 3.96. The molecule has 0 atom stereocenters. The van der Waals surface area contributed by atoms with Gasteiger partial charge in [0.1, 0.15) is 7.85 Å². The Morgan fingerprint density at radius 1 is 0.682 bits per heavy atom. The van der Waals surface area contributed by atoms with Crippen LogP contribution < -0.4 is 0 Å². The first-order chi connectivity index (χ1) is 9.45. The molecule has 0 N–H and O–H groups in total. The van der Waals surface area contributed by atoms with Crippen molar-refractivity contribution in [1.29, 1.82) is 0 Å². The number of benzene rings is 1. The van der Waals surface area contributed by atoms with Crippen LogP contribution in [0.25, 0.3) is 0 Å². The second kappa shape index (κ2) is 5.09. The van der Waals surface area contributed by atoms with Gasteiger partial charge >= 0.3 is 18.5 Å². The average Bonchev–Trinajstić information content (AvgIpc) is 2.22. The van der Waals surface area contributed by atoms with Crippen molar-refractivity contribution in [3.8, 4) is 0 Å². The zero-order valence-electron chi connectivity index (χ0n) is 11.6. The summed E-state index contributed by atoms with van der Waals surface area (Å²) in [7, 11) is 1.30. The van der Waals surface area contributed by atoms with Crippen LogP contribution in [-0.4, -0.2) is 7.85 Å². The van der Waals surface area contributed by atoms with E-state index in [1.54, 1.807) is 0 Å². The van der Waals surface area contributed by atoms with Crippen LogP contribution in [0.5, 0.6) is 0 Å². The van der Waals surface area contributed by atoms with E-state index in [1.807, 2.05) is 0 Å². The monoisotopic (exact) mass is 336 g/mol. The van der Waals surface area contributed by atoms with Crippen LogP contribution in [0.15, 0.2) is 12.1 Å². The SMILES string of the molecule is BC(C)(C)c1cc(C(F)(F)F)c(C(F)(F)F)c(C(F)(F)F)c1. The first-order valence-electron chi connectivity index (χ1n) is 5.86. The predicted octanol–water partition coefficient (Wildman–Crippen LogP) is 4.61. The molecule has 0 aliphatic carbocycles. The molecule has 0 fully saturated rings. The molecule has 0 bridgehead atoms. The highest BCUT2D eigenvalue weighted by Crippen LogP contribution is 2.48. The quantitative estimate of drug-likeness (QED) is 0.519. The lowest BCUT2D eigenvalue weighted by atomic mass is 9.66. The highest BCUT2D eigenvalue weighted by Gasteiger charge is 2.50. The van der Waals surface area contributed by atoms with E-state index >= 15 is 0 Å². The van der Waals surface area contributed by atoms with E-state index in [-0.39, 0.29) is 12.1 Å². The second-order valence-electron chi connectivity index (χ2n) is 5.69. The maximum absolute atomic E-state index is 12.8. The number of alkyl halides is 9. The summed E-state index contributed by atoms with van der Waals surface area (Å²) < 4.78 is 115. The molecular formula is C12H10BF9. The molecule has 22 heavy (non-hydrogen) atoms. The van der Waals surface area contributed by atoms with Crippen LogP contribution in [0.4, 0.5) is 39.5 Å². The Morgan fingerprint density at radius 3 is 1.18 bits per heavy atom. The average molecular weight is 336 g/mol. The molecule has 0 nitrogen and oxygen atoms in total. The molecule has 0 aromatic heterocycles. The van der Waals surface area contributed by atoms with Crippen molar-refractivity contribution in [3.05, 3.63) is 34.4 Å². The minimum absolute atomic E-state index is 0.123. The van der Waals surface area contributed by atoms with Gasteiger partial charge in [0.05, 0.1) is 16.7 Å². The van der Waals surface area contributed by atoms with Crippen LogP contribution in [0, 0.1) is 0 Å². The van der Waals surface area contributed by atoms with Crippen molar-refractivity contribution in [2.24, 2.45) is 0 Å². The van der Waals surface area contributed by atoms with Gasteiger partial charge in [0.15, 0.2) is 0 Å². The van der Waals surface area contributed by atoms with Crippen molar-refractivity contribution in [2.45, 2.75) is 37.7 Å². The van der Waals surface area contributed by atoms with Gasteiger partial charge in [-0.1, -0.05) is 13.8 Å². The van der Waals surface area contributed by atoms with E-state index in [0.717, 1.165) is 0 Å². The van der Waals surface area contributed by atoms with Crippen LogP contribution in [0.3, 0.4) is 0 Å². The molecule has 124 valence electrons. The third-order valence-corrected chi connectivity index (χ3v) is 2.90. The van der Waals surface area contributed by atoms with Crippen LogP contribution >= 0.6 is 0 Å². The van der Waals surface area contributed by atoms with Crippen LogP contribution in [0.2, 0.25) is 0 Å². The minimum Gasteiger partial charge on any atom is -0.166 e. The van der Waals surface area contributed by atoms with E-state index < -0.39 is 46.1 Å². The van der Waals surface area contributed by atoms with Gasteiger partial charge in [-0.15, -0.1) is 0 Å². The fourth-order valence-corrected chi connectivity index (χ4v) is 1.83. The highest BCUT2D eigenvalue weighted by atomic mass is 19.4. The Kier molecular flexibility index (Phi) is 4.33. The summed E-state index contributed by atoms with van der Waals surface area (Å²) in [6.07, 6.45) is -16.9. The van der Waals surface area contributed by atoms with Crippen molar-refractivity contribution < 1.29 is 39.5 Å². The maximum Gasteiger partial charge on any atom is 0.417 e. The summed E-state index contributed by atoms with van der Waals surface area (Å²) >= 11 is 0. The number of hydrogen-bond acceptors (Lipinski definition) is 0. The lowest BCUT2D eigenvalue weighted by molar-refractivity contribution is -0.174. The van der Waals surface area contributed by atoms with E-state index in [4.69, 9.17) is 0 Å². The summed E-state index contributed by atoms with van der Waals surface area (Å²) in [5.41, 5.74) is -7.86. The largest absolute Gasteiger partial charge is 0.417 e. The Hall–Kier alpha value is -1.35. The Bertz CT molecular complexity index is 523. The molecule has 1 aromatic carbocycles. The lowest BCUT2D eigenvalue weighted by Gasteiger charge is -2.26. The van der Waals surface area contributed by atoms with Crippen molar-refractivity contribution >= 4 is 7.85 Å². The van der Waals surface area contributed by atoms with E-state index in [0.29, 0.717) is 0 Å². The molecule has 1 rings (SSSR count). The topological polar surface area (TPSA) is 0 Å². The molecule has 1 aromatic rings. The smallest absolute Gasteiger partial charge is 0.166 e. The molecule has 0 saturated carbocycles. The predicted molar refractivity (Wildman–Crippen MR) is 63.0 cm³/mol. The van der Waals surface area contributed by atoms with Gasteiger partial charge in [0, 0.05) is 0 Å². The normalized spacial score (nSPS) is 14.3. The molecule has 0 spiro atoms. The summed E-state index contributed by atoms with van der Waals surface area (Å²) in [6, 6.07) is 0.246. The molecular weight excluding hydrogens is 326 g/mol. The molecule has 0 unspecified atom stereocenters. The molecule has 0 heterocycles. The zero-order valence-corrected chi connectivity index (χ0v) is 11.6. The van der Waals surface area contributed by atoms with Crippen molar-refractivity contribution in [3.63, 3.8) is 0 Å².